The third-order valence-corrected chi connectivity index (χ3v) is 3.32. The smallest absolute Gasteiger partial charge is 0.307 e. The van der Waals surface area contributed by atoms with E-state index in [1.807, 2.05) is 20.8 Å². The summed E-state index contributed by atoms with van der Waals surface area (Å²) in [6.45, 7) is 6.58. The molecule has 0 aliphatic carbocycles. The molecular formula is C14H22N2O4. The molecule has 20 heavy (non-hydrogen) atoms. The van der Waals surface area contributed by atoms with Gasteiger partial charge in [-0.2, -0.15) is 0 Å². The van der Waals surface area contributed by atoms with Crippen molar-refractivity contribution in [3.63, 3.8) is 0 Å². The zero-order valence-corrected chi connectivity index (χ0v) is 12.6. The van der Waals surface area contributed by atoms with E-state index in [2.05, 4.69) is 9.89 Å². The summed E-state index contributed by atoms with van der Waals surface area (Å²) in [5.74, 6) is 0.478. The van der Waals surface area contributed by atoms with Crippen molar-refractivity contribution in [2.75, 3.05) is 20.2 Å². The Kier molecular flexibility index (Phi) is 6.21. The summed E-state index contributed by atoms with van der Waals surface area (Å²) in [6, 6.07) is 0. The van der Waals surface area contributed by atoms with Crippen molar-refractivity contribution in [2.45, 2.75) is 40.0 Å². The van der Waals surface area contributed by atoms with E-state index in [-0.39, 0.29) is 18.3 Å². The van der Waals surface area contributed by atoms with Crippen molar-refractivity contribution in [3.05, 3.63) is 17.0 Å². The van der Waals surface area contributed by atoms with Gasteiger partial charge in [-0.05, 0) is 27.2 Å². The van der Waals surface area contributed by atoms with Crippen LogP contribution < -0.4 is 0 Å². The molecule has 1 heterocycles. The van der Waals surface area contributed by atoms with Gasteiger partial charge in [0.05, 0.1) is 19.2 Å². The summed E-state index contributed by atoms with van der Waals surface area (Å²) in [5, 5.41) is 3.87. The summed E-state index contributed by atoms with van der Waals surface area (Å²) < 4.78 is 9.65. The van der Waals surface area contributed by atoms with Gasteiger partial charge in [0.2, 0.25) is 5.91 Å². The molecule has 1 amide bonds. The van der Waals surface area contributed by atoms with Crippen LogP contribution in [0.5, 0.6) is 0 Å². The van der Waals surface area contributed by atoms with E-state index in [1.165, 1.54) is 7.11 Å². The number of carbonyl (C=O) groups excluding carboxylic acids is 2. The molecule has 0 aromatic carbocycles. The third kappa shape index (κ3) is 4.36. The minimum atomic E-state index is -0.304. The number of nitrogens with zero attached hydrogens (tertiary/aromatic N) is 2. The normalized spacial score (nSPS) is 10.4. The zero-order valence-electron chi connectivity index (χ0n) is 12.6. The Balaban J connectivity index is 2.49. The van der Waals surface area contributed by atoms with Crippen molar-refractivity contribution in [3.8, 4) is 0 Å². The Morgan fingerprint density at radius 1 is 1.30 bits per heavy atom. The minimum Gasteiger partial charge on any atom is -0.469 e. The van der Waals surface area contributed by atoms with E-state index in [0.717, 1.165) is 17.0 Å². The fourth-order valence-corrected chi connectivity index (χ4v) is 2.04. The Hall–Kier alpha value is -1.85. The number of ether oxygens (including phenoxy) is 1. The molecule has 0 spiro atoms. The molecule has 0 radical (unpaired) electrons. The van der Waals surface area contributed by atoms with Gasteiger partial charge in [-0.15, -0.1) is 0 Å². The number of carbonyl (C=O) groups is 2. The SMILES string of the molecule is CCN(CCC(=O)OC)C(=O)CCc1c(C)noc1C. The van der Waals surface area contributed by atoms with E-state index in [1.54, 1.807) is 4.90 Å². The fraction of sp³-hybridized carbons (Fsp3) is 0.643. The quantitative estimate of drug-likeness (QED) is 0.711. The van der Waals surface area contributed by atoms with Crippen LogP contribution in [0.1, 0.15) is 36.8 Å². The predicted molar refractivity (Wildman–Crippen MR) is 73.2 cm³/mol. The number of hydrogen-bond acceptors (Lipinski definition) is 5. The average Bonchev–Trinajstić information content (AvgIpc) is 2.76. The van der Waals surface area contributed by atoms with Gasteiger partial charge in [0.25, 0.3) is 0 Å². The summed E-state index contributed by atoms with van der Waals surface area (Å²) in [7, 11) is 1.35. The molecule has 1 aromatic rings. The molecule has 0 saturated carbocycles. The summed E-state index contributed by atoms with van der Waals surface area (Å²) in [4.78, 5) is 24.9. The highest BCUT2D eigenvalue weighted by atomic mass is 16.5. The summed E-state index contributed by atoms with van der Waals surface area (Å²) in [5.41, 5.74) is 1.82. The molecule has 0 atom stereocenters. The molecule has 1 rings (SSSR count). The molecule has 0 unspecified atom stereocenters. The van der Waals surface area contributed by atoms with Crippen LogP contribution in [0.25, 0.3) is 0 Å². The van der Waals surface area contributed by atoms with Crippen LogP contribution >= 0.6 is 0 Å². The van der Waals surface area contributed by atoms with E-state index in [4.69, 9.17) is 4.52 Å². The predicted octanol–water partition coefficient (Wildman–Crippen LogP) is 1.64. The molecule has 6 heteroatoms. The van der Waals surface area contributed by atoms with Crippen LogP contribution in [0.4, 0.5) is 0 Å². The number of esters is 1. The average molecular weight is 282 g/mol. The van der Waals surface area contributed by atoms with Gasteiger partial charge < -0.3 is 14.2 Å². The van der Waals surface area contributed by atoms with E-state index >= 15 is 0 Å². The van der Waals surface area contributed by atoms with Gasteiger partial charge in [0.1, 0.15) is 5.76 Å². The highest BCUT2D eigenvalue weighted by Gasteiger charge is 2.16. The number of rotatable bonds is 7. The molecule has 0 fully saturated rings. The zero-order chi connectivity index (χ0) is 15.1. The molecule has 6 nitrogen and oxygen atoms in total. The molecule has 0 aliphatic rings. The van der Waals surface area contributed by atoms with Crippen LogP contribution in [-0.4, -0.2) is 42.1 Å². The van der Waals surface area contributed by atoms with Crippen LogP contribution in [-0.2, 0) is 20.7 Å². The van der Waals surface area contributed by atoms with Crippen LogP contribution in [0, 0.1) is 13.8 Å². The molecular weight excluding hydrogens is 260 g/mol. The molecule has 112 valence electrons. The van der Waals surface area contributed by atoms with E-state index in [9.17, 15) is 9.59 Å². The number of methoxy groups -OCH3 is 1. The second kappa shape index (κ2) is 7.67. The van der Waals surface area contributed by atoms with Crippen molar-refractivity contribution < 1.29 is 18.8 Å². The number of aromatic nitrogens is 1. The first kappa shape index (κ1) is 16.2. The van der Waals surface area contributed by atoms with Gasteiger partial charge in [-0.3, -0.25) is 9.59 Å². The highest BCUT2D eigenvalue weighted by Crippen LogP contribution is 2.15. The fourth-order valence-electron chi connectivity index (χ4n) is 2.04. The summed E-state index contributed by atoms with van der Waals surface area (Å²) in [6.07, 6.45) is 1.22. The lowest BCUT2D eigenvalue weighted by molar-refractivity contribution is -0.141. The van der Waals surface area contributed by atoms with Gasteiger partial charge in [-0.25, -0.2) is 0 Å². The van der Waals surface area contributed by atoms with Gasteiger partial charge in [-0.1, -0.05) is 5.16 Å². The second-order valence-electron chi connectivity index (χ2n) is 4.60. The Bertz CT molecular complexity index is 448. The van der Waals surface area contributed by atoms with Crippen LogP contribution in [0.3, 0.4) is 0 Å². The number of aryl methyl sites for hydroxylation is 2. The number of amides is 1. The van der Waals surface area contributed by atoms with Crippen molar-refractivity contribution in [2.24, 2.45) is 0 Å². The minimum absolute atomic E-state index is 0.0244. The van der Waals surface area contributed by atoms with Gasteiger partial charge in [0.15, 0.2) is 0 Å². The third-order valence-electron chi connectivity index (χ3n) is 3.32. The molecule has 0 N–H and O–H groups in total. The van der Waals surface area contributed by atoms with Gasteiger partial charge in [0, 0.05) is 25.1 Å². The summed E-state index contributed by atoms with van der Waals surface area (Å²) >= 11 is 0. The molecule has 0 saturated heterocycles. The number of hydrogen-bond donors (Lipinski definition) is 0. The first-order chi connectivity index (χ1) is 9.49. The molecule has 0 bridgehead atoms. The van der Waals surface area contributed by atoms with Crippen LogP contribution in [0.15, 0.2) is 4.52 Å². The topological polar surface area (TPSA) is 72.6 Å². The van der Waals surface area contributed by atoms with Crippen molar-refractivity contribution in [1.29, 1.82) is 0 Å². The first-order valence-corrected chi connectivity index (χ1v) is 6.75. The monoisotopic (exact) mass is 282 g/mol. The standard InChI is InChI=1S/C14H22N2O4/c1-5-16(9-8-14(18)19-4)13(17)7-6-12-10(2)15-20-11(12)3/h5-9H2,1-4H3. The second-order valence-corrected chi connectivity index (χ2v) is 4.60. The van der Waals surface area contributed by atoms with Crippen LogP contribution in [0.2, 0.25) is 0 Å². The highest BCUT2D eigenvalue weighted by molar-refractivity contribution is 5.77. The van der Waals surface area contributed by atoms with E-state index in [0.29, 0.717) is 25.9 Å². The lowest BCUT2D eigenvalue weighted by Gasteiger charge is -2.20. The lowest BCUT2D eigenvalue weighted by Crippen LogP contribution is -2.33. The Labute approximate surface area is 119 Å². The first-order valence-electron chi connectivity index (χ1n) is 6.75. The largest absolute Gasteiger partial charge is 0.469 e. The maximum absolute atomic E-state index is 12.1. The van der Waals surface area contributed by atoms with Gasteiger partial charge >= 0.3 is 5.97 Å². The molecule has 0 aliphatic heterocycles. The van der Waals surface area contributed by atoms with Crippen molar-refractivity contribution in [1.82, 2.24) is 10.1 Å². The Morgan fingerprint density at radius 3 is 2.50 bits per heavy atom. The maximum Gasteiger partial charge on any atom is 0.307 e. The maximum atomic E-state index is 12.1. The lowest BCUT2D eigenvalue weighted by atomic mass is 10.1. The molecule has 1 aromatic heterocycles. The van der Waals surface area contributed by atoms with E-state index < -0.39 is 0 Å². The van der Waals surface area contributed by atoms with Crippen molar-refractivity contribution >= 4 is 11.9 Å². The Morgan fingerprint density at radius 2 is 2.00 bits per heavy atom.